The Bertz CT molecular complexity index is 838. The highest BCUT2D eigenvalue weighted by molar-refractivity contribution is 5.74. The molecular weight excluding hydrogens is 358 g/mol. The van der Waals surface area contributed by atoms with Crippen LogP contribution in [0.2, 0.25) is 0 Å². The summed E-state index contributed by atoms with van der Waals surface area (Å²) in [6.07, 6.45) is 6.06. The van der Waals surface area contributed by atoms with E-state index in [1.807, 2.05) is 11.0 Å². The van der Waals surface area contributed by atoms with Crippen LogP contribution in [0.15, 0.2) is 61.2 Å². The van der Waals surface area contributed by atoms with Gasteiger partial charge in [-0.05, 0) is 53.9 Å². The predicted octanol–water partition coefficient (Wildman–Crippen LogP) is 3.70. The van der Waals surface area contributed by atoms with Crippen molar-refractivity contribution < 1.29 is 4.79 Å². The molecule has 152 valence electrons. The zero-order chi connectivity index (χ0) is 20.1. The van der Waals surface area contributed by atoms with Gasteiger partial charge in [0.2, 0.25) is 0 Å². The number of nitrogens with zero attached hydrogens (tertiary/aromatic N) is 1. The minimum Gasteiger partial charge on any atom is -0.338 e. The summed E-state index contributed by atoms with van der Waals surface area (Å²) in [4.78, 5) is 14.7. The third-order valence-electron chi connectivity index (χ3n) is 6.21. The molecule has 1 unspecified atom stereocenters. The maximum Gasteiger partial charge on any atom is 0.317 e. The van der Waals surface area contributed by atoms with Gasteiger partial charge in [0.05, 0.1) is 0 Å². The standard InChI is InChI=1S/C25H31N3O/c1-2-13-28(18-24-16-22-9-5-6-10-23(22)17-27-24)25(29)26-12-11-19-14-20-7-3-4-8-21(20)15-19/h2-10,19,24,27H,1,11-18H2,(H,26,29). The molecule has 2 N–H and O–H groups in total. The van der Waals surface area contributed by atoms with Crippen LogP contribution in [0.3, 0.4) is 0 Å². The Hall–Kier alpha value is -2.59. The third kappa shape index (κ3) is 4.88. The molecule has 0 bridgehead atoms. The predicted molar refractivity (Wildman–Crippen MR) is 118 cm³/mol. The van der Waals surface area contributed by atoms with Crippen LogP contribution < -0.4 is 10.6 Å². The van der Waals surface area contributed by atoms with Crippen LogP contribution in [0.25, 0.3) is 0 Å². The fourth-order valence-electron chi connectivity index (χ4n) is 4.66. The van der Waals surface area contributed by atoms with Gasteiger partial charge in [-0.15, -0.1) is 6.58 Å². The van der Waals surface area contributed by atoms with Crippen molar-refractivity contribution >= 4 is 6.03 Å². The number of carbonyl (C=O) groups is 1. The van der Waals surface area contributed by atoms with Gasteiger partial charge in [-0.1, -0.05) is 54.6 Å². The molecule has 4 heteroatoms. The van der Waals surface area contributed by atoms with E-state index in [0.29, 0.717) is 19.0 Å². The molecule has 2 aromatic carbocycles. The lowest BCUT2D eigenvalue weighted by molar-refractivity contribution is 0.195. The van der Waals surface area contributed by atoms with Gasteiger partial charge in [-0.2, -0.15) is 0 Å². The summed E-state index contributed by atoms with van der Waals surface area (Å²) in [5.74, 6) is 0.636. The first-order valence-corrected chi connectivity index (χ1v) is 10.7. The third-order valence-corrected chi connectivity index (χ3v) is 6.21. The molecule has 1 aliphatic carbocycles. The Morgan fingerprint density at radius 3 is 2.31 bits per heavy atom. The molecule has 4 nitrogen and oxygen atoms in total. The highest BCUT2D eigenvalue weighted by Crippen LogP contribution is 2.28. The van der Waals surface area contributed by atoms with Gasteiger partial charge >= 0.3 is 6.03 Å². The van der Waals surface area contributed by atoms with E-state index in [9.17, 15) is 4.79 Å². The fraction of sp³-hybridized carbons (Fsp3) is 0.400. The van der Waals surface area contributed by atoms with Crippen LogP contribution in [0.4, 0.5) is 4.79 Å². The number of fused-ring (bicyclic) bond motifs is 2. The van der Waals surface area contributed by atoms with Gasteiger partial charge < -0.3 is 15.5 Å². The molecule has 1 heterocycles. The molecule has 2 aliphatic rings. The van der Waals surface area contributed by atoms with E-state index >= 15 is 0 Å². The second-order valence-corrected chi connectivity index (χ2v) is 8.31. The number of urea groups is 1. The molecule has 0 aromatic heterocycles. The van der Waals surface area contributed by atoms with Gasteiger partial charge in [0.1, 0.15) is 0 Å². The van der Waals surface area contributed by atoms with Crippen LogP contribution in [0.1, 0.15) is 28.7 Å². The average molecular weight is 390 g/mol. The Morgan fingerprint density at radius 2 is 1.66 bits per heavy atom. The largest absolute Gasteiger partial charge is 0.338 e. The maximum absolute atomic E-state index is 12.8. The molecule has 0 spiro atoms. The number of carbonyl (C=O) groups excluding carboxylic acids is 1. The van der Waals surface area contributed by atoms with Crippen molar-refractivity contribution in [2.75, 3.05) is 19.6 Å². The van der Waals surface area contributed by atoms with E-state index in [1.54, 1.807) is 0 Å². The van der Waals surface area contributed by atoms with E-state index in [2.05, 4.69) is 65.7 Å². The summed E-state index contributed by atoms with van der Waals surface area (Å²) < 4.78 is 0. The monoisotopic (exact) mass is 389 g/mol. The number of hydrogen-bond acceptors (Lipinski definition) is 2. The molecule has 1 atom stereocenters. The second kappa shape index (κ2) is 9.27. The van der Waals surface area contributed by atoms with E-state index in [1.165, 1.54) is 22.3 Å². The van der Waals surface area contributed by atoms with E-state index < -0.39 is 0 Å². The summed E-state index contributed by atoms with van der Waals surface area (Å²) >= 11 is 0. The maximum atomic E-state index is 12.8. The SMILES string of the molecule is C=CCN(CC1Cc2ccccc2CN1)C(=O)NCCC1Cc2ccccc2C1. The molecule has 4 rings (SSSR count). The van der Waals surface area contributed by atoms with Crippen molar-refractivity contribution in [1.82, 2.24) is 15.5 Å². The van der Waals surface area contributed by atoms with Gasteiger partial charge in [0.25, 0.3) is 0 Å². The molecular formula is C25H31N3O. The summed E-state index contributed by atoms with van der Waals surface area (Å²) in [5, 5.41) is 6.72. The van der Waals surface area contributed by atoms with Crippen LogP contribution >= 0.6 is 0 Å². The first-order chi connectivity index (χ1) is 14.2. The minimum absolute atomic E-state index is 0.0149. The molecule has 2 aromatic rings. The lowest BCUT2D eigenvalue weighted by Crippen LogP contribution is -2.49. The van der Waals surface area contributed by atoms with Crippen molar-refractivity contribution in [3.63, 3.8) is 0 Å². The van der Waals surface area contributed by atoms with Crippen molar-refractivity contribution in [3.05, 3.63) is 83.4 Å². The summed E-state index contributed by atoms with van der Waals surface area (Å²) in [6, 6.07) is 17.5. The topological polar surface area (TPSA) is 44.4 Å². The Kier molecular flexibility index (Phi) is 6.30. The molecule has 0 saturated heterocycles. The number of hydrogen-bond donors (Lipinski definition) is 2. The van der Waals surface area contributed by atoms with Crippen molar-refractivity contribution in [1.29, 1.82) is 0 Å². The van der Waals surface area contributed by atoms with Crippen molar-refractivity contribution in [2.45, 2.75) is 38.3 Å². The van der Waals surface area contributed by atoms with Crippen LogP contribution in [-0.4, -0.2) is 36.6 Å². The summed E-state index contributed by atoms with van der Waals surface area (Å²) in [5.41, 5.74) is 5.69. The number of rotatable bonds is 7. The van der Waals surface area contributed by atoms with Crippen LogP contribution in [0, 0.1) is 5.92 Å². The van der Waals surface area contributed by atoms with Gasteiger partial charge in [-0.3, -0.25) is 0 Å². The van der Waals surface area contributed by atoms with Gasteiger partial charge in [-0.25, -0.2) is 4.79 Å². The normalized spacial score (nSPS) is 18.0. The number of nitrogens with one attached hydrogen (secondary N) is 2. The quantitative estimate of drug-likeness (QED) is 0.709. The van der Waals surface area contributed by atoms with Crippen molar-refractivity contribution in [3.8, 4) is 0 Å². The molecule has 0 fully saturated rings. The zero-order valence-electron chi connectivity index (χ0n) is 17.1. The average Bonchev–Trinajstić information content (AvgIpc) is 3.16. The lowest BCUT2D eigenvalue weighted by atomic mass is 9.95. The van der Waals surface area contributed by atoms with Crippen LogP contribution in [0.5, 0.6) is 0 Å². The fourth-order valence-corrected chi connectivity index (χ4v) is 4.66. The number of amides is 2. The second-order valence-electron chi connectivity index (χ2n) is 8.31. The van der Waals surface area contributed by atoms with Gasteiger partial charge in [0, 0.05) is 32.2 Å². The molecule has 2 amide bonds. The highest BCUT2D eigenvalue weighted by atomic mass is 16.2. The van der Waals surface area contributed by atoms with Crippen molar-refractivity contribution in [2.24, 2.45) is 5.92 Å². The minimum atomic E-state index is 0.0149. The lowest BCUT2D eigenvalue weighted by Gasteiger charge is -2.31. The molecule has 0 radical (unpaired) electrons. The van der Waals surface area contributed by atoms with E-state index in [-0.39, 0.29) is 12.1 Å². The number of benzene rings is 2. The molecule has 1 aliphatic heterocycles. The molecule has 29 heavy (non-hydrogen) atoms. The first-order valence-electron chi connectivity index (χ1n) is 10.7. The Labute approximate surface area is 174 Å². The smallest absolute Gasteiger partial charge is 0.317 e. The molecule has 0 saturated carbocycles. The van der Waals surface area contributed by atoms with Crippen LogP contribution in [-0.2, 0) is 25.8 Å². The summed E-state index contributed by atoms with van der Waals surface area (Å²) in [6.45, 7) is 6.70. The zero-order valence-corrected chi connectivity index (χ0v) is 17.1. The first kappa shape index (κ1) is 19.7. The Balaban J connectivity index is 1.25. The van der Waals surface area contributed by atoms with Gasteiger partial charge in [0.15, 0.2) is 0 Å². The van der Waals surface area contributed by atoms with E-state index in [0.717, 1.165) is 38.8 Å². The summed E-state index contributed by atoms with van der Waals surface area (Å²) in [7, 11) is 0. The Morgan fingerprint density at radius 1 is 1.03 bits per heavy atom. The van der Waals surface area contributed by atoms with E-state index in [4.69, 9.17) is 0 Å². The highest BCUT2D eigenvalue weighted by Gasteiger charge is 2.23.